The van der Waals surface area contributed by atoms with Crippen molar-refractivity contribution in [2.45, 2.75) is 324 Å². The third-order valence-electron chi connectivity index (χ3n) is 14.6. The van der Waals surface area contributed by atoms with Crippen molar-refractivity contribution in [2.75, 3.05) is 0 Å². The Morgan fingerprint density at radius 3 is 0.886 bits per heavy atom. The Kier molecular flexibility index (Phi) is 35.0. The molecule has 2 rings (SSSR count). The van der Waals surface area contributed by atoms with Gasteiger partial charge in [0.15, 0.2) is 0 Å². The topological polar surface area (TPSA) is 72.8 Å². The van der Waals surface area contributed by atoms with Crippen LogP contribution in [-0.2, 0) is 33.3 Å². The predicted octanol–water partition coefficient (Wildman–Crippen LogP) is 20.9. The molecule has 0 radical (unpaired) electrons. The molecule has 0 aliphatic heterocycles. The van der Waals surface area contributed by atoms with E-state index in [0.29, 0.717) is 61.6 Å². The molecule has 70 heavy (non-hydrogen) atoms. The minimum Gasteiger partial charge on any atom is -0.417 e. The van der Waals surface area contributed by atoms with Crippen LogP contribution in [0.5, 0.6) is 11.5 Å². The highest BCUT2D eigenvalue weighted by Gasteiger charge is 2.28. The summed E-state index contributed by atoms with van der Waals surface area (Å²) in [5, 5.41) is 0. The number of Topliss-reactive ketones (excluding diaryl/α,β-unsaturated/α-hetero) is 2. The minimum absolute atomic E-state index is 0.249. The molecule has 0 amide bonds. The van der Waals surface area contributed by atoms with Gasteiger partial charge in [0.2, 0.25) is 0 Å². The van der Waals surface area contributed by atoms with Crippen LogP contribution in [0.25, 0.3) is 0 Å². The highest BCUT2D eigenvalue weighted by molar-refractivity contribution is 7.41. The molecule has 0 fully saturated rings. The number of unbranched alkanes of at least 4 members (excludes halogenated alkanes) is 30. The van der Waals surface area contributed by atoms with Crippen LogP contribution in [0.4, 0.5) is 0 Å². The Morgan fingerprint density at radius 1 is 0.400 bits per heavy atom. The van der Waals surface area contributed by atoms with E-state index in [9.17, 15) is 14.5 Å². The zero-order valence-corrected chi connectivity index (χ0v) is 48.6. The summed E-state index contributed by atoms with van der Waals surface area (Å²) in [5.41, 5.74) is 5.64. The average Bonchev–Trinajstić information content (AvgIpc) is 3.30. The SMILES string of the molecule is CCCCCCCCCCCCCCCCCCC(=O)CCc1cc(C)c(OP(O)Oc2c(C)cc(CCC(=O)CCCCCCCCCCCCCCCCCC)cc2C(C)(C)C)c(C(C)(C)C)c1. The molecule has 2 aromatic rings. The molecule has 0 aliphatic rings. The van der Waals surface area contributed by atoms with E-state index >= 15 is 0 Å². The zero-order chi connectivity index (χ0) is 51.5. The first-order valence-corrected chi connectivity index (χ1v) is 30.9. The number of rotatable bonds is 44. The van der Waals surface area contributed by atoms with E-state index in [2.05, 4.69) is 79.7 Å². The first-order valence-electron chi connectivity index (χ1n) is 29.7. The normalized spacial score (nSPS) is 12.1. The van der Waals surface area contributed by atoms with Gasteiger partial charge in [0.1, 0.15) is 23.1 Å². The van der Waals surface area contributed by atoms with Crippen LogP contribution in [0, 0.1) is 13.8 Å². The molecule has 6 heteroatoms. The lowest BCUT2D eigenvalue weighted by Gasteiger charge is -2.28. The van der Waals surface area contributed by atoms with Crippen molar-refractivity contribution in [1.82, 2.24) is 0 Å². The molecule has 0 saturated heterocycles. The summed E-state index contributed by atoms with van der Waals surface area (Å²) < 4.78 is 12.7. The third-order valence-corrected chi connectivity index (χ3v) is 15.3. The summed E-state index contributed by atoms with van der Waals surface area (Å²) >= 11 is 0. The molecule has 0 aromatic heterocycles. The van der Waals surface area contributed by atoms with Crippen molar-refractivity contribution < 1.29 is 23.5 Å². The first kappa shape index (κ1) is 63.9. The van der Waals surface area contributed by atoms with Gasteiger partial charge >= 0.3 is 8.60 Å². The molecule has 0 bridgehead atoms. The molecule has 402 valence electrons. The van der Waals surface area contributed by atoms with E-state index in [1.165, 1.54) is 180 Å². The average molecular weight is 992 g/mol. The highest BCUT2D eigenvalue weighted by atomic mass is 31.2. The molecule has 1 N–H and O–H groups in total. The van der Waals surface area contributed by atoms with Crippen molar-refractivity contribution in [3.05, 3.63) is 57.6 Å². The fraction of sp³-hybridized carbons (Fsp3) is 0.781. The van der Waals surface area contributed by atoms with Crippen LogP contribution < -0.4 is 9.05 Å². The first-order chi connectivity index (χ1) is 33.6. The van der Waals surface area contributed by atoms with E-state index in [1.807, 2.05) is 13.8 Å². The quantitative estimate of drug-likeness (QED) is 0.0529. The van der Waals surface area contributed by atoms with Crippen molar-refractivity contribution in [1.29, 1.82) is 0 Å². The van der Waals surface area contributed by atoms with Crippen molar-refractivity contribution >= 4 is 20.2 Å². The zero-order valence-electron chi connectivity index (χ0n) is 47.7. The third kappa shape index (κ3) is 30.1. The Morgan fingerprint density at radius 2 is 0.643 bits per heavy atom. The predicted molar refractivity (Wildman–Crippen MR) is 305 cm³/mol. The van der Waals surface area contributed by atoms with Crippen LogP contribution in [0.2, 0.25) is 0 Å². The molecule has 0 spiro atoms. The second-order valence-corrected chi connectivity index (χ2v) is 24.5. The van der Waals surface area contributed by atoms with Gasteiger partial charge in [-0.25, -0.2) is 0 Å². The van der Waals surface area contributed by atoms with Gasteiger partial charge in [0, 0.05) is 36.8 Å². The Labute approximate surface area is 435 Å². The molecule has 0 unspecified atom stereocenters. The Hall–Kier alpha value is -2.23. The summed E-state index contributed by atoms with van der Waals surface area (Å²) in [4.78, 5) is 37.4. The number of aryl methyl sites for hydroxylation is 4. The number of carbonyl (C=O) groups excluding carboxylic acids is 2. The lowest BCUT2D eigenvalue weighted by molar-refractivity contribution is -0.120. The summed E-state index contributed by atoms with van der Waals surface area (Å²) in [6, 6.07) is 8.54. The lowest BCUT2D eigenvalue weighted by Crippen LogP contribution is -2.16. The molecule has 0 saturated carbocycles. The molecule has 0 atom stereocenters. The maximum atomic E-state index is 13.0. The van der Waals surface area contributed by atoms with E-state index in [-0.39, 0.29) is 10.8 Å². The number of hydrogen-bond donors (Lipinski definition) is 1. The fourth-order valence-electron chi connectivity index (χ4n) is 10.1. The molecular formula is C64H111O5P. The van der Waals surface area contributed by atoms with Gasteiger partial charge in [-0.15, -0.1) is 0 Å². The summed E-state index contributed by atoms with van der Waals surface area (Å²) in [6.45, 7) is 21.6. The monoisotopic (exact) mass is 991 g/mol. The Balaban J connectivity index is 1.77. The number of hydrogen-bond acceptors (Lipinski definition) is 5. The van der Waals surface area contributed by atoms with Crippen LogP contribution in [-0.4, -0.2) is 16.5 Å². The minimum atomic E-state index is -2.30. The van der Waals surface area contributed by atoms with Gasteiger partial charge in [-0.05, 0) is 72.6 Å². The molecular weight excluding hydrogens is 880 g/mol. The molecule has 2 aromatic carbocycles. The van der Waals surface area contributed by atoms with Crippen LogP contribution >= 0.6 is 8.60 Å². The number of ketones is 2. The van der Waals surface area contributed by atoms with Gasteiger partial charge in [-0.3, -0.25) is 9.59 Å². The highest BCUT2D eigenvalue weighted by Crippen LogP contribution is 2.47. The fourth-order valence-corrected chi connectivity index (χ4v) is 10.9. The van der Waals surface area contributed by atoms with Gasteiger partial charge in [-0.2, -0.15) is 0 Å². The van der Waals surface area contributed by atoms with Gasteiger partial charge in [0.25, 0.3) is 0 Å². The van der Waals surface area contributed by atoms with Gasteiger partial charge < -0.3 is 13.9 Å². The summed E-state index contributed by atoms with van der Waals surface area (Å²) in [7, 11) is -2.30. The van der Waals surface area contributed by atoms with E-state index in [0.717, 1.165) is 59.1 Å². The number of benzene rings is 2. The maximum Gasteiger partial charge on any atom is 0.460 e. The standard InChI is InChI=1S/C64H111O5P/c1-11-13-15-17-19-21-23-25-27-29-31-33-35-37-39-41-43-57(65)47-45-55-49-53(3)61(59(51-55)63(5,6)7)68-70(67)69-62-54(4)50-56(52-60(62)64(8,9)10)46-48-58(66)44-42-40-38-36-34-32-30-28-26-24-22-20-18-16-14-12-2/h49-52,67H,11-48H2,1-10H3. The largest absolute Gasteiger partial charge is 0.460 e. The van der Waals surface area contributed by atoms with E-state index in [1.54, 1.807) is 0 Å². The molecule has 5 nitrogen and oxygen atoms in total. The Bertz CT molecular complexity index is 1550. The molecule has 0 aliphatic carbocycles. The van der Waals surface area contributed by atoms with Crippen molar-refractivity contribution in [2.24, 2.45) is 0 Å². The van der Waals surface area contributed by atoms with Crippen molar-refractivity contribution in [3.8, 4) is 11.5 Å². The second-order valence-electron chi connectivity index (χ2n) is 23.7. The second kappa shape index (κ2) is 38.4. The van der Waals surface area contributed by atoms with E-state index in [4.69, 9.17) is 9.05 Å². The van der Waals surface area contributed by atoms with Crippen LogP contribution in [0.15, 0.2) is 24.3 Å². The van der Waals surface area contributed by atoms with E-state index < -0.39 is 8.60 Å². The molecule has 0 heterocycles. The maximum absolute atomic E-state index is 13.0. The summed E-state index contributed by atoms with van der Waals surface area (Å²) in [6.07, 6.45) is 46.6. The van der Waals surface area contributed by atoms with Gasteiger partial charge in [-0.1, -0.05) is 272 Å². The van der Waals surface area contributed by atoms with Crippen molar-refractivity contribution in [3.63, 3.8) is 0 Å². The van der Waals surface area contributed by atoms with Gasteiger partial charge in [0.05, 0.1) is 0 Å². The number of carbonyl (C=O) groups is 2. The smallest absolute Gasteiger partial charge is 0.417 e. The van der Waals surface area contributed by atoms with Crippen LogP contribution in [0.1, 0.15) is 320 Å². The van der Waals surface area contributed by atoms with Crippen LogP contribution in [0.3, 0.4) is 0 Å². The lowest BCUT2D eigenvalue weighted by atomic mass is 9.83. The summed E-state index contributed by atoms with van der Waals surface area (Å²) in [5.74, 6) is 2.00.